The average molecular weight is 285 g/mol. The van der Waals surface area contributed by atoms with Crippen molar-refractivity contribution in [2.75, 3.05) is 7.05 Å². The van der Waals surface area contributed by atoms with Crippen LogP contribution in [0.5, 0.6) is 0 Å². The van der Waals surface area contributed by atoms with Crippen molar-refractivity contribution in [3.63, 3.8) is 0 Å². The third-order valence-corrected chi connectivity index (χ3v) is 4.24. The predicted octanol–water partition coefficient (Wildman–Crippen LogP) is 2.80. The van der Waals surface area contributed by atoms with Crippen LogP contribution in [-0.2, 0) is 18.3 Å². The molecule has 2 rings (SSSR count). The monoisotopic (exact) mass is 285 g/mol. The summed E-state index contributed by atoms with van der Waals surface area (Å²) in [5.74, 6) is 0.116. The van der Waals surface area contributed by atoms with Gasteiger partial charge >= 0.3 is 0 Å². The highest BCUT2D eigenvalue weighted by atomic mass is 16.2. The summed E-state index contributed by atoms with van der Waals surface area (Å²) in [5.41, 5.74) is 4.17. The molecule has 2 aromatic rings. The maximum Gasteiger partial charge on any atom is 0.227 e. The fourth-order valence-electron chi connectivity index (χ4n) is 2.52. The highest BCUT2D eigenvalue weighted by molar-refractivity contribution is 5.79. The number of nitrogens with zero attached hydrogens (tertiary/aromatic N) is 3. The van der Waals surface area contributed by atoms with E-state index in [1.807, 2.05) is 50.8 Å². The van der Waals surface area contributed by atoms with E-state index >= 15 is 0 Å². The number of rotatable bonds is 4. The Bertz CT molecular complexity index is 631. The summed E-state index contributed by atoms with van der Waals surface area (Å²) in [6, 6.07) is 10.2. The number of aromatic nitrogens is 2. The van der Waals surface area contributed by atoms with Crippen LogP contribution in [0.3, 0.4) is 0 Å². The summed E-state index contributed by atoms with van der Waals surface area (Å²) in [6.45, 7) is 6.01. The molecule has 1 aromatic heterocycles. The van der Waals surface area contributed by atoms with Crippen molar-refractivity contribution in [1.82, 2.24) is 14.7 Å². The summed E-state index contributed by atoms with van der Waals surface area (Å²) in [6.07, 6.45) is 0.402. The lowest BCUT2D eigenvalue weighted by Gasteiger charge is -2.25. The van der Waals surface area contributed by atoms with Gasteiger partial charge in [0, 0.05) is 25.4 Å². The molecule has 0 bridgehead atoms. The second kappa shape index (κ2) is 6.12. The molecule has 1 atom stereocenters. The number of aryl methyl sites for hydroxylation is 2. The van der Waals surface area contributed by atoms with Gasteiger partial charge in [-0.3, -0.25) is 9.48 Å². The van der Waals surface area contributed by atoms with Crippen LogP contribution < -0.4 is 0 Å². The van der Waals surface area contributed by atoms with Gasteiger partial charge in [-0.25, -0.2) is 0 Å². The van der Waals surface area contributed by atoms with Gasteiger partial charge in [-0.05, 0) is 26.3 Å². The van der Waals surface area contributed by atoms with E-state index in [1.165, 1.54) is 0 Å². The lowest BCUT2D eigenvalue weighted by Crippen LogP contribution is -2.31. The van der Waals surface area contributed by atoms with E-state index in [0.717, 1.165) is 22.5 Å². The maximum atomic E-state index is 12.5. The minimum Gasteiger partial charge on any atom is -0.339 e. The summed E-state index contributed by atoms with van der Waals surface area (Å²) < 4.78 is 1.83. The van der Waals surface area contributed by atoms with E-state index in [4.69, 9.17) is 0 Å². The van der Waals surface area contributed by atoms with Crippen molar-refractivity contribution in [2.45, 2.75) is 33.2 Å². The zero-order valence-electron chi connectivity index (χ0n) is 13.4. The van der Waals surface area contributed by atoms with Crippen molar-refractivity contribution in [1.29, 1.82) is 0 Å². The first kappa shape index (κ1) is 15.3. The van der Waals surface area contributed by atoms with Crippen molar-refractivity contribution in [3.05, 3.63) is 52.8 Å². The number of carbonyl (C=O) groups excluding carboxylic acids is 1. The summed E-state index contributed by atoms with van der Waals surface area (Å²) in [7, 11) is 3.77. The molecule has 0 radical (unpaired) electrons. The van der Waals surface area contributed by atoms with Crippen molar-refractivity contribution >= 4 is 5.91 Å². The van der Waals surface area contributed by atoms with Crippen LogP contribution in [0.2, 0.25) is 0 Å². The van der Waals surface area contributed by atoms with Gasteiger partial charge in [0.15, 0.2) is 0 Å². The first-order valence-corrected chi connectivity index (χ1v) is 7.21. The number of benzene rings is 1. The molecule has 1 unspecified atom stereocenters. The molecule has 0 aliphatic carbocycles. The number of carbonyl (C=O) groups is 1. The van der Waals surface area contributed by atoms with E-state index in [-0.39, 0.29) is 11.9 Å². The van der Waals surface area contributed by atoms with Gasteiger partial charge in [-0.1, -0.05) is 30.3 Å². The average Bonchev–Trinajstić information content (AvgIpc) is 2.73. The van der Waals surface area contributed by atoms with Crippen LogP contribution in [0.15, 0.2) is 30.3 Å². The van der Waals surface area contributed by atoms with Crippen molar-refractivity contribution in [3.8, 4) is 0 Å². The number of hydrogen-bond donors (Lipinski definition) is 0. The Morgan fingerprint density at radius 1 is 1.29 bits per heavy atom. The second-order valence-corrected chi connectivity index (χ2v) is 5.54. The van der Waals surface area contributed by atoms with E-state index in [2.05, 4.69) is 24.2 Å². The Balaban J connectivity index is 2.13. The summed E-state index contributed by atoms with van der Waals surface area (Å²) >= 11 is 0. The molecule has 1 aromatic carbocycles. The smallest absolute Gasteiger partial charge is 0.227 e. The molecule has 21 heavy (non-hydrogen) atoms. The van der Waals surface area contributed by atoms with Gasteiger partial charge in [0.2, 0.25) is 5.91 Å². The van der Waals surface area contributed by atoms with Crippen LogP contribution in [0.25, 0.3) is 0 Å². The van der Waals surface area contributed by atoms with Crippen LogP contribution in [0, 0.1) is 13.8 Å². The van der Waals surface area contributed by atoms with Crippen molar-refractivity contribution < 1.29 is 4.79 Å². The van der Waals surface area contributed by atoms with Gasteiger partial charge < -0.3 is 4.90 Å². The Labute approximate surface area is 126 Å². The van der Waals surface area contributed by atoms with Gasteiger partial charge in [0.05, 0.1) is 18.2 Å². The number of amides is 1. The number of likely N-dealkylation sites (N-methyl/N-ethyl adjacent to an activating group) is 1. The van der Waals surface area contributed by atoms with Gasteiger partial charge in [0.25, 0.3) is 0 Å². The molecule has 0 aliphatic heterocycles. The maximum absolute atomic E-state index is 12.5. The molecular weight excluding hydrogens is 262 g/mol. The third kappa shape index (κ3) is 3.15. The minimum atomic E-state index is 0.0657. The largest absolute Gasteiger partial charge is 0.339 e. The summed E-state index contributed by atoms with van der Waals surface area (Å²) in [4.78, 5) is 14.3. The molecule has 112 valence electrons. The third-order valence-electron chi connectivity index (χ3n) is 4.24. The zero-order valence-corrected chi connectivity index (χ0v) is 13.4. The number of hydrogen-bond acceptors (Lipinski definition) is 2. The van der Waals surface area contributed by atoms with E-state index in [0.29, 0.717) is 6.42 Å². The quantitative estimate of drug-likeness (QED) is 0.866. The predicted molar refractivity (Wildman–Crippen MR) is 84.0 cm³/mol. The molecular formula is C17H23N3O. The lowest BCUT2D eigenvalue weighted by molar-refractivity contribution is -0.131. The topological polar surface area (TPSA) is 38.1 Å². The minimum absolute atomic E-state index is 0.0657. The molecule has 0 aliphatic rings. The molecule has 0 saturated carbocycles. The molecule has 4 heteroatoms. The normalized spacial score (nSPS) is 12.2. The molecule has 1 heterocycles. The molecule has 1 amide bonds. The molecule has 0 saturated heterocycles. The molecule has 0 spiro atoms. The fourth-order valence-corrected chi connectivity index (χ4v) is 2.52. The van der Waals surface area contributed by atoms with Crippen LogP contribution in [0.4, 0.5) is 0 Å². The van der Waals surface area contributed by atoms with E-state index in [1.54, 1.807) is 4.90 Å². The fraction of sp³-hybridized carbons (Fsp3) is 0.412. The van der Waals surface area contributed by atoms with E-state index in [9.17, 15) is 4.79 Å². The Hall–Kier alpha value is -2.10. The Kier molecular flexibility index (Phi) is 4.46. The Morgan fingerprint density at radius 2 is 1.90 bits per heavy atom. The molecule has 4 nitrogen and oxygen atoms in total. The first-order chi connectivity index (χ1) is 9.91. The van der Waals surface area contributed by atoms with E-state index < -0.39 is 0 Å². The summed E-state index contributed by atoms with van der Waals surface area (Å²) in [5, 5.41) is 4.37. The highest BCUT2D eigenvalue weighted by Gasteiger charge is 2.20. The molecule has 0 fully saturated rings. The molecule has 0 N–H and O–H groups in total. The van der Waals surface area contributed by atoms with Crippen molar-refractivity contribution in [2.24, 2.45) is 7.05 Å². The Morgan fingerprint density at radius 3 is 2.43 bits per heavy atom. The highest BCUT2D eigenvalue weighted by Crippen LogP contribution is 2.20. The lowest BCUT2D eigenvalue weighted by atomic mass is 10.1. The van der Waals surface area contributed by atoms with Crippen LogP contribution in [0.1, 0.15) is 35.5 Å². The van der Waals surface area contributed by atoms with Crippen LogP contribution >= 0.6 is 0 Å². The van der Waals surface area contributed by atoms with Gasteiger partial charge in [-0.2, -0.15) is 5.10 Å². The first-order valence-electron chi connectivity index (χ1n) is 7.21. The van der Waals surface area contributed by atoms with Crippen LogP contribution in [-0.4, -0.2) is 27.6 Å². The van der Waals surface area contributed by atoms with Gasteiger partial charge in [0.1, 0.15) is 0 Å². The zero-order chi connectivity index (χ0) is 15.6. The van der Waals surface area contributed by atoms with Gasteiger partial charge in [-0.15, -0.1) is 0 Å². The standard InChI is InChI=1S/C17H23N3O/c1-12-16(14(3)20(5)18-12)11-17(21)19(4)13(2)15-9-7-6-8-10-15/h6-10,13H,11H2,1-5H3. The second-order valence-electron chi connectivity index (χ2n) is 5.54. The SMILES string of the molecule is Cc1nn(C)c(C)c1CC(=O)N(C)C(C)c1ccccc1.